The van der Waals surface area contributed by atoms with Crippen molar-refractivity contribution in [3.05, 3.63) is 95.8 Å². The molecular formula is C21H18N2O2. The number of carbonyl (C=O) groups is 1. The average Bonchev–Trinajstić information content (AvgIpc) is 3.11. The molecule has 1 aliphatic heterocycles. The van der Waals surface area contributed by atoms with E-state index in [1.165, 1.54) is 0 Å². The van der Waals surface area contributed by atoms with Crippen LogP contribution in [0.5, 0.6) is 5.75 Å². The van der Waals surface area contributed by atoms with Crippen molar-refractivity contribution in [2.24, 2.45) is 0 Å². The molecule has 2 aromatic carbocycles. The number of carbonyl (C=O) groups excluding carboxylic acids is 1. The Labute approximate surface area is 146 Å². The zero-order valence-corrected chi connectivity index (χ0v) is 13.6. The Morgan fingerprint density at radius 3 is 2.56 bits per heavy atom. The average molecular weight is 330 g/mol. The Bertz CT molecular complexity index is 826. The highest BCUT2D eigenvalue weighted by Gasteiger charge is 2.31. The van der Waals surface area contributed by atoms with Crippen LogP contribution in [0.15, 0.2) is 79.1 Å². The van der Waals surface area contributed by atoms with Crippen LogP contribution in [-0.4, -0.2) is 17.5 Å². The van der Waals surface area contributed by atoms with E-state index < -0.39 is 0 Å². The predicted octanol–water partition coefficient (Wildman–Crippen LogP) is 3.46. The van der Waals surface area contributed by atoms with E-state index in [0.29, 0.717) is 6.61 Å². The first-order valence-electron chi connectivity index (χ1n) is 8.30. The summed E-state index contributed by atoms with van der Waals surface area (Å²) in [5.74, 6) is 0.460. The number of para-hydroxylation sites is 1. The smallest absolute Gasteiger partial charge is 0.231 e. The van der Waals surface area contributed by atoms with Gasteiger partial charge in [0.2, 0.25) is 5.91 Å². The zero-order valence-electron chi connectivity index (χ0n) is 13.6. The van der Waals surface area contributed by atoms with E-state index in [2.05, 4.69) is 10.3 Å². The Hall–Kier alpha value is -3.14. The van der Waals surface area contributed by atoms with Crippen LogP contribution >= 0.6 is 0 Å². The normalized spacial score (nSPS) is 16.6. The molecule has 0 bridgehead atoms. The molecule has 0 fully saturated rings. The van der Waals surface area contributed by atoms with Gasteiger partial charge >= 0.3 is 0 Å². The van der Waals surface area contributed by atoms with Crippen molar-refractivity contribution in [1.29, 1.82) is 0 Å². The number of benzene rings is 2. The van der Waals surface area contributed by atoms with Crippen molar-refractivity contribution in [2.75, 3.05) is 6.61 Å². The van der Waals surface area contributed by atoms with Crippen LogP contribution in [0.4, 0.5) is 0 Å². The summed E-state index contributed by atoms with van der Waals surface area (Å²) < 4.78 is 5.65. The maximum absolute atomic E-state index is 13.0. The Kier molecular flexibility index (Phi) is 4.17. The Morgan fingerprint density at radius 2 is 1.76 bits per heavy atom. The first-order chi connectivity index (χ1) is 12.3. The summed E-state index contributed by atoms with van der Waals surface area (Å²) in [7, 11) is 0. The molecule has 1 aromatic heterocycles. The van der Waals surface area contributed by atoms with Gasteiger partial charge in [0.25, 0.3) is 0 Å². The Balaban J connectivity index is 1.62. The molecule has 1 amide bonds. The minimum Gasteiger partial charge on any atom is -0.492 e. The number of nitrogens with zero attached hydrogens (tertiary/aromatic N) is 1. The van der Waals surface area contributed by atoms with Crippen molar-refractivity contribution >= 4 is 5.91 Å². The summed E-state index contributed by atoms with van der Waals surface area (Å²) >= 11 is 0. The molecule has 1 aliphatic rings. The molecule has 25 heavy (non-hydrogen) atoms. The second-order valence-corrected chi connectivity index (χ2v) is 6.04. The van der Waals surface area contributed by atoms with Crippen molar-refractivity contribution in [2.45, 2.75) is 12.0 Å². The van der Waals surface area contributed by atoms with Crippen LogP contribution in [0, 0.1) is 0 Å². The highest BCUT2D eigenvalue weighted by Crippen LogP contribution is 2.34. The number of hydrogen-bond donors (Lipinski definition) is 1. The van der Waals surface area contributed by atoms with Crippen LogP contribution in [-0.2, 0) is 4.79 Å². The summed E-state index contributed by atoms with van der Waals surface area (Å²) in [5, 5.41) is 3.17. The summed E-state index contributed by atoms with van der Waals surface area (Å²) in [4.78, 5) is 17.1. The SMILES string of the molecule is O=C(N[C@H](c1ccccc1)c1cccnc1)[C@@H]1COc2ccccc21. The zero-order chi connectivity index (χ0) is 17.1. The van der Waals surface area contributed by atoms with Gasteiger partial charge in [0.05, 0.1) is 6.04 Å². The van der Waals surface area contributed by atoms with E-state index >= 15 is 0 Å². The largest absolute Gasteiger partial charge is 0.492 e. The Morgan fingerprint density at radius 1 is 1.00 bits per heavy atom. The second-order valence-electron chi connectivity index (χ2n) is 6.04. The summed E-state index contributed by atoms with van der Waals surface area (Å²) in [5.41, 5.74) is 2.92. The maximum Gasteiger partial charge on any atom is 0.231 e. The lowest BCUT2D eigenvalue weighted by atomic mass is 9.96. The number of rotatable bonds is 4. The van der Waals surface area contributed by atoms with E-state index in [-0.39, 0.29) is 17.9 Å². The van der Waals surface area contributed by atoms with Crippen molar-refractivity contribution in [1.82, 2.24) is 10.3 Å². The van der Waals surface area contributed by atoms with Gasteiger partial charge in [0.1, 0.15) is 18.3 Å². The van der Waals surface area contributed by atoms with Crippen molar-refractivity contribution in [3.63, 3.8) is 0 Å². The molecule has 2 atom stereocenters. The van der Waals surface area contributed by atoms with Crippen molar-refractivity contribution < 1.29 is 9.53 Å². The van der Waals surface area contributed by atoms with Gasteiger partial charge in [-0.3, -0.25) is 9.78 Å². The van der Waals surface area contributed by atoms with Crippen LogP contribution in [0.25, 0.3) is 0 Å². The summed E-state index contributed by atoms with van der Waals surface area (Å²) in [6.45, 7) is 0.375. The standard InChI is InChI=1S/C21H18N2O2/c24-21(18-14-25-19-11-5-4-10-17(18)19)23-20(15-7-2-1-3-8-15)16-9-6-12-22-13-16/h1-13,18,20H,14H2,(H,23,24)/t18-,20-/m1/s1. The van der Waals surface area contributed by atoms with Gasteiger partial charge < -0.3 is 10.1 Å². The first-order valence-corrected chi connectivity index (χ1v) is 8.30. The molecule has 0 saturated carbocycles. The van der Waals surface area contributed by atoms with Gasteiger partial charge in [0, 0.05) is 18.0 Å². The fourth-order valence-corrected chi connectivity index (χ4v) is 3.17. The van der Waals surface area contributed by atoms with Gasteiger partial charge in [-0.15, -0.1) is 0 Å². The molecule has 4 heteroatoms. The third-order valence-electron chi connectivity index (χ3n) is 4.45. The predicted molar refractivity (Wildman–Crippen MR) is 95.3 cm³/mol. The number of ether oxygens (including phenoxy) is 1. The molecule has 3 aromatic rings. The second kappa shape index (κ2) is 6.77. The van der Waals surface area contributed by atoms with E-state index in [1.54, 1.807) is 12.4 Å². The van der Waals surface area contributed by atoms with E-state index in [0.717, 1.165) is 22.4 Å². The molecule has 0 saturated heterocycles. The topological polar surface area (TPSA) is 51.2 Å². The fourth-order valence-electron chi connectivity index (χ4n) is 3.17. The lowest BCUT2D eigenvalue weighted by Crippen LogP contribution is -2.34. The van der Waals surface area contributed by atoms with Crippen molar-refractivity contribution in [3.8, 4) is 5.75 Å². The van der Waals surface area contributed by atoms with E-state index in [1.807, 2.05) is 66.7 Å². The van der Waals surface area contributed by atoms with Gasteiger partial charge in [-0.1, -0.05) is 54.6 Å². The number of fused-ring (bicyclic) bond motifs is 1. The fraction of sp³-hybridized carbons (Fsp3) is 0.143. The summed E-state index contributed by atoms with van der Waals surface area (Å²) in [6, 6.07) is 21.3. The minimum atomic E-state index is -0.293. The lowest BCUT2D eigenvalue weighted by molar-refractivity contribution is -0.123. The monoisotopic (exact) mass is 330 g/mol. The van der Waals surface area contributed by atoms with Gasteiger partial charge in [-0.25, -0.2) is 0 Å². The molecule has 0 radical (unpaired) electrons. The molecule has 2 heterocycles. The van der Waals surface area contributed by atoms with Crippen LogP contribution in [0.2, 0.25) is 0 Å². The number of pyridine rings is 1. The molecule has 0 spiro atoms. The van der Waals surface area contributed by atoms with Crippen LogP contribution in [0.3, 0.4) is 0 Å². The minimum absolute atomic E-state index is 0.0392. The molecule has 1 N–H and O–H groups in total. The van der Waals surface area contributed by atoms with Gasteiger partial charge in [-0.05, 0) is 23.3 Å². The third-order valence-corrected chi connectivity index (χ3v) is 4.45. The number of amides is 1. The van der Waals surface area contributed by atoms with Gasteiger partial charge in [0.15, 0.2) is 0 Å². The number of nitrogens with one attached hydrogen (secondary N) is 1. The van der Waals surface area contributed by atoms with E-state index in [4.69, 9.17) is 4.74 Å². The number of hydrogen-bond acceptors (Lipinski definition) is 3. The molecule has 0 unspecified atom stereocenters. The first kappa shape index (κ1) is 15.4. The van der Waals surface area contributed by atoms with E-state index in [9.17, 15) is 4.79 Å². The molecule has 124 valence electrons. The highest BCUT2D eigenvalue weighted by atomic mass is 16.5. The highest BCUT2D eigenvalue weighted by molar-refractivity contribution is 5.86. The molecule has 4 rings (SSSR count). The lowest BCUT2D eigenvalue weighted by Gasteiger charge is -2.21. The number of aromatic nitrogens is 1. The molecule has 0 aliphatic carbocycles. The van der Waals surface area contributed by atoms with Crippen LogP contribution < -0.4 is 10.1 Å². The third kappa shape index (κ3) is 3.11. The molecular weight excluding hydrogens is 312 g/mol. The van der Waals surface area contributed by atoms with Crippen LogP contribution in [0.1, 0.15) is 28.7 Å². The molecule has 4 nitrogen and oxygen atoms in total. The van der Waals surface area contributed by atoms with Gasteiger partial charge in [-0.2, -0.15) is 0 Å². The quantitative estimate of drug-likeness (QED) is 0.797. The maximum atomic E-state index is 13.0. The summed E-state index contributed by atoms with van der Waals surface area (Å²) in [6.07, 6.45) is 3.52.